The fourth-order valence-corrected chi connectivity index (χ4v) is 4.29. The molecule has 0 aromatic carbocycles. The van der Waals surface area contributed by atoms with E-state index >= 15 is 0 Å². The van der Waals surface area contributed by atoms with Crippen molar-refractivity contribution >= 4 is 10.2 Å². The number of nitrogens with one attached hydrogen (secondary N) is 1. The number of rotatable bonds is 5. The second-order valence-electron chi connectivity index (χ2n) is 6.38. The summed E-state index contributed by atoms with van der Waals surface area (Å²) in [6.07, 6.45) is 6.36. The van der Waals surface area contributed by atoms with Gasteiger partial charge in [-0.05, 0) is 42.9 Å². The quantitative estimate of drug-likeness (QED) is 0.887. The summed E-state index contributed by atoms with van der Waals surface area (Å²) < 4.78 is 27.5. The van der Waals surface area contributed by atoms with E-state index in [-0.39, 0.29) is 0 Å². The third-order valence-electron chi connectivity index (χ3n) is 4.40. The molecule has 0 amide bonds. The number of aromatic nitrogens is 3. The molecule has 0 spiro atoms. The maximum atomic E-state index is 12.3. The molecule has 1 fully saturated rings. The summed E-state index contributed by atoms with van der Waals surface area (Å²) in [6, 6.07) is 5.91. The van der Waals surface area contributed by atoms with Crippen LogP contribution < -0.4 is 0 Å². The summed E-state index contributed by atoms with van der Waals surface area (Å²) in [4.78, 5) is 4.47. The molecule has 1 aliphatic rings. The first-order chi connectivity index (χ1) is 11.5. The van der Waals surface area contributed by atoms with Gasteiger partial charge in [0.1, 0.15) is 0 Å². The minimum Gasteiger partial charge on any atom is -0.276 e. The van der Waals surface area contributed by atoms with Crippen molar-refractivity contribution in [2.24, 2.45) is 5.92 Å². The van der Waals surface area contributed by atoms with Gasteiger partial charge in [0.25, 0.3) is 10.2 Å². The Morgan fingerprint density at radius 2 is 2.17 bits per heavy atom. The van der Waals surface area contributed by atoms with E-state index in [2.05, 4.69) is 21.2 Å². The number of nitrogens with zero attached hydrogens (tertiary/aromatic N) is 4. The molecule has 1 saturated heterocycles. The van der Waals surface area contributed by atoms with E-state index in [1.165, 1.54) is 4.31 Å². The molecule has 8 heteroatoms. The van der Waals surface area contributed by atoms with Crippen molar-refractivity contribution in [2.45, 2.75) is 19.3 Å². The van der Waals surface area contributed by atoms with Gasteiger partial charge in [0, 0.05) is 39.6 Å². The molecule has 3 heterocycles. The summed E-state index contributed by atoms with van der Waals surface area (Å²) in [5.74, 6) is 0.327. The molecule has 1 atom stereocenters. The summed E-state index contributed by atoms with van der Waals surface area (Å²) >= 11 is 0. The van der Waals surface area contributed by atoms with Crippen LogP contribution in [0.3, 0.4) is 0 Å². The van der Waals surface area contributed by atoms with E-state index in [0.717, 1.165) is 36.2 Å². The SMILES string of the molecule is CN(C)S(=O)(=O)N1CCC[C@@H](Cc2ccc(-c3ccn[nH]3)nc2)C1. The van der Waals surface area contributed by atoms with Gasteiger partial charge in [0.05, 0.1) is 11.4 Å². The molecule has 0 radical (unpaired) electrons. The van der Waals surface area contributed by atoms with E-state index in [4.69, 9.17) is 0 Å². The van der Waals surface area contributed by atoms with Gasteiger partial charge in [-0.15, -0.1) is 0 Å². The minimum atomic E-state index is -3.32. The maximum absolute atomic E-state index is 12.3. The molecule has 0 unspecified atom stereocenters. The van der Waals surface area contributed by atoms with Crippen molar-refractivity contribution in [3.05, 3.63) is 36.2 Å². The van der Waals surface area contributed by atoms with Gasteiger partial charge in [0.15, 0.2) is 0 Å². The fourth-order valence-electron chi connectivity index (χ4n) is 3.07. The average molecular weight is 349 g/mol. The number of hydrogen-bond acceptors (Lipinski definition) is 4. The Hall–Kier alpha value is -1.77. The van der Waals surface area contributed by atoms with Crippen LogP contribution in [-0.2, 0) is 16.6 Å². The summed E-state index contributed by atoms with van der Waals surface area (Å²) in [7, 11) is -0.161. The number of hydrogen-bond donors (Lipinski definition) is 1. The lowest BCUT2D eigenvalue weighted by Crippen LogP contribution is -2.45. The Labute approximate surface area is 142 Å². The third kappa shape index (κ3) is 3.66. The van der Waals surface area contributed by atoms with Crippen LogP contribution in [0.4, 0.5) is 0 Å². The third-order valence-corrected chi connectivity index (χ3v) is 6.30. The van der Waals surface area contributed by atoms with Gasteiger partial charge in [-0.3, -0.25) is 10.1 Å². The van der Waals surface area contributed by atoms with Crippen LogP contribution in [0.25, 0.3) is 11.4 Å². The largest absolute Gasteiger partial charge is 0.281 e. The molecular weight excluding hydrogens is 326 g/mol. The molecule has 1 N–H and O–H groups in total. The van der Waals surface area contributed by atoms with Crippen LogP contribution >= 0.6 is 0 Å². The van der Waals surface area contributed by atoms with E-state index < -0.39 is 10.2 Å². The lowest BCUT2D eigenvalue weighted by Gasteiger charge is -2.33. The highest BCUT2D eigenvalue weighted by Gasteiger charge is 2.30. The zero-order valence-corrected chi connectivity index (χ0v) is 14.8. The Kier molecular flexibility index (Phi) is 4.98. The van der Waals surface area contributed by atoms with Crippen molar-refractivity contribution in [2.75, 3.05) is 27.2 Å². The van der Waals surface area contributed by atoms with Gasteiger partial charge in [0.2, 0.25) is 0 Å². The van der Waals surface area contributed by atoms with Gasteiger partial charge in [-0.1, -0.05) is 6.07 Å². The van der Waals surface area contributed by atoms with Gasteiger partial charge >= 0.3 is 0 Å². The molecule has 3 rings (SSSR count). The first kappa shape index (κ1) is 17.1. The lowest BCUT2D eigenvalue weighted by molar-refractivity contribution is 0.254. The molecule has 7 nitrogen and oxygen atoms in total. The first-order valence-corrected chi connectivity index (χ1v) is 9.49. The zero-order chi connectivity index (χ0) is 17.2. The Morgan fingerprint density at radius 1 is 1.33 bits per heavy atom. The average Bonchev–Trinajstić information content (AvgIpc) is 3.10. The predicted octanol–water partition coefficient (Wildman–Crippen LogP) is 1.53. The van der Waals surface area contributed by atoms with Crippen LogP contribution in [0.5, 0.6) is 0 Å². The molecule has 0 saturated carbocycles. The molecule has 2 aromatic heterocycles. The molecule has 0 bridgehead atoms. The fraction of sp³-hybridized carbons (Fsp3) is 0.500. The molecule has 2 aromatic rings. The van der Waals surface area contributed by atoms with Crippen LogP contribution in [-0.4, -0.2) is 59.4 Å². The van der Waals surface area contributed by atoms with Crippen LogP contribution in [0.2, 0.25) is 0 Å². The highest BCUT2D eigenvalue weighted by molar-refractivity contribution is 7.86. The van der Waals surface area contributed by atoms with E-state index in [1.54, 1.807) is 24.6 Å². The topological polar surface area (TPSA) is 82.2 Å². The first-order valence-electron chi connectivity index (χ1n) is 8.09. The number of aromatic amines is 1. The second kappa shape index (κ2) is 7.00. The van der Waals surface area contributed by atoms with Crippen LogP contribution in [0.15, 0.2) is 30.6 Å². The Balaban J connectivity index is 1.65. The monoisotopic (exact) mass is 349 g/mol. The predicted molar refractivity (Wildman–Crippen MR) is 92.4 cm³/mol. The van der Waals surface area contributed by atoms with Gasteiger partial charge in [-0.2, -0.15) is 22.1 Å². The molecular formula is C16H23N5O2S. The number of H-pyrrole nitrogens is 1. The number of pyridine rings is 1. The lowest BCUT2D eigenvalue weighted by atomic mass is 9.93. The summed E-state index contributed by atoms with van der Waals surface area (Å²) in [6.45, 7) is 1.18. The minimum absolute atomic E-state index is 0.327. The normalized spacial score (nSPS) is 19.7. The summed E-state index contributed by atoms with van der Waals surface area (Å²) in [5, 5.41) is 6.83. The van der Waals surface area contributed by atoms with Crippen molar-refractivity contribution in [3.63, 3.8) is 0 Å². The molecule has 24 heavy (non-hydrogen) atoms. The highest BCUT2D eigenvalue weighted by Crippen LogP contribution is 2.24. The van der Waals surface area contributed by atoms with Crippen LogP contribution in [0, 0.1) is 5.92 Å². The van der Waals surface area contributed by atoms with Crippen molar-refractivity contribution in [1.82, 2.24) is 23.8 Å². The second-order valence-corrected chi connectivity index (χ2v) is 8.52. The van der Waals surface area contributed by atoms with Crippen molar-refractivity contribution < 1.29 is 8.42 Å². The van der Waals surface area contributed by atoms with Gasteiger partial charge in [-0.25, -0.2) is 0 Å². The van der Waals surface area contributed by atoms with Gasteiger partial charge < -0.3 is 0 Å². The maximum Gasteiger partial charge on any atom is 0.281 e. The molecule has 0 aliphatic carbocycles. The standard InChI is InChI=1S/C16H23N5O2S/c1-20(2)24(22,23)21-9-3-4-14(12-21)10-13-5-6-15(17-11-13)16-7-8-18-19-16/h5-8,11,14H,3-4,9-10,12H2,1-2H3,(H,18,19)/t14-/m0/s1. The Morgan fingerprint density at radius 3 is 2.79 bits per heavy atom. The zero-order valence-electron chi connectivity index (χ0n) is 14.0. The van der Waals surface area contributed by atoms with Crippen LogP contribution in [0.1, 0.15) is 18.4 Å². The summed E-state index contributed by atoms with van der Waals surface area (Å²) in [5.41, 5.74) is 2.88. The highest BCUT2D eigenvalue weighted by atomic mass is 32.2. The van der Waals surface area contributed by atoms with E-state index in [9.17, 15) is 8.42 Å². The van der Waals surface area contributed by atoms with Crippen molar-refractivity contribution in [1.29, 1.82) is 0 Å². The van der Waals surface area contributed by atoms with E-state index in [1.807, 2.05) is 18.3 Å². The molecule has 1 aliphatic heterocycles. The Bertz CT molecular complexity index is 756. The number of piperidine rings is 1. The van der Waals surface area contributed by atoms with E-state index in [0.29, 0.717) is 19.0 Å². The molecule has 130 valence electrons. The van der Waals surface area contributed by atoms with Crippen molar-refractivity contribution in [3.8, 4) is 11.4 Å². The smallest absolute Gasteiger partial charge is 0.276 e.